The minimum Gasteiger partial charge on any atom is -0.492 e. The first-order valence-electron chi connectivity index (χ1n) is 5.99. The van der Waals surface area contributed by atoms with Gasteiger partial charge in [-0.25, -0.2) is 9.37 Å². The zero-order valence-corrected chi connectivity index (χ0v) is 11.1. The molecule has 2 aromatic rings. The molecule has 1 aliphatic heterocycles. The number of hydrogen-bond acceptors (Lipinski definition) is 3. The predicted octanol–water partition coefficient (Wildman–Crippen LogP) is 2.45. The molecule has 0 fully saturated rings. The first-order valence-corrected chi connectivity index (χ1v) is 6.37. The van der Waals surface area contributed by atoms with Gasteiger partial charge in [-0.05, 0) is 17.7 Å². The topological polar surface area (TPSA) is 49.9 Å². The SMILES string of the molecule is COc1c(F)cc(C2NCCc3[nH]cnc32)cc1Cl. The molecule has 19 heavy (non-hydrogen) atoms. The first-order chi connectivity index (χ1) is 9.20. The Morgan fingerprint density at radius 3 is 3.05 bits per heavy atom. The Kier molecular flexibility index (Phi) is 3.16. The van der Waals surface area contributed by atoms with Crippen molar-refractivity contribution in [1.82, 2.24) is 15.3 Å². The number of rotatable bonds is 2. The van der Waals surface area contributed by atoms with E-state index in [1.165, 1.54) is 13.2 Å². The van der Waals surface area contributed by atoms with Crippen molar-refractivity contribution in [2.75, 3.05) is 13.7 Å². The van der Waals surface area contributed by atoms with E-state index in [0.717, 1.165) is 29.9 Å². The maximum absolute atomic E-state index is 13.9. The highest BCUT2D eigenvalue weighted by atomic mass is 35.5. The molecule has 4 nitrogen and oxygen atoms in total. The summed E-state index contributed by atoms with van der Waals surface area (Å²) in [4.78, 5) is 7.41. The molecule has 1 aliphatic rings. The van der Waals surface area contributed by atoms with E-state index in [1.807, 2.05) is 0 Å². The number of aromatic nitrogens is 2. The van der Waals surface area contributed by atoms with Crippen molar-refractivity contribution in [1.29, 1.82) is 0 Å². The molecular formula is C13H13ClFN3O. The first kappa shape index (κ1) is 12.4. The second-order valence-electron chi connectivity index (χ2n) is 4.42. The molecular weight excluding hydrogens is 269 g/mol. The van der Waals surface area contributed by atoms with Gasteiger partial charge in [0, 0.05) is 18.7 Å². The lowest BCUT2D eigenvalue weighted by molar-refractivity contribution is 0.386. The van der Waals surface area contributed by atoms with Gasteiger partial charge in [-0.15, -0.1) is 0 Å². The van der Waals surface area contributed by atoms with E-state index >= 15 is 0 Å². The molecule has 0 radical (unpaired) electrons. The maximum atomic E-state index is 13.9. The number of imidazole rings is 1. The Bertz CT molecular complexity index is 591. The van der Waals surface area contributed by atoms with E-state index in [9.17, 15) is 4.39 Å². The second kappa shape index (κ2) is 4.83. The summed E-state index contributed by atoms with van der Waals surface area (Å²) in [7, 11) is 1.40. The van der Waals surface area contributed by atoms with Gasteiger partial charge in [0.1, 0.15) is 0 Å². The van der Waals surface area contributed by atoms with Gasteiger partial charge in [0.15, 0.2) is 11.6 Å². The van der Waals surface area contributed by atoms with Crippen LogP contribution in [0, 0.1) is 5.82 Å². The summed E-state index contributed by atoms with van der Waals surface area (Å²) in [6.45, 7) is 0.811. The third-order valence-corrected chi connectivity index (χ3v) is 3.59. The van der Waals surface area contributed by atoms with Gasteiger partial charge in [0.05, 0.1) is 30.2 Å². The summed E-state index contributed by atoms with van der Waals surface area (Å²) in [5.74, 6) is -0.391. The fourth-order valence-corrected chi connectivity index (χ4v) is 2.73. The number of hydrogen-bond donors (Lipinski definition) is 2. The van der Waals surface area contributed by atoms with E-state index in [0.29, 0.717) is 0 Å². The Labute approximate surface area is 115 Å². The zero-order chi connectivity index (χ0) is 13.4. The number of H-pyrrole nitrogens is 1. The Morgan fingerprint density at radius 2 is 2.32 bits per heavy atom. The van der Waals surface area contributed by atoms with E-state index in [4.69, 9.17) is 16.3 Å². The Morgan fingerprint density at radius 1 is 1.47 bits per heavy atom. The quantitative estimate of drug-likeness (QED) is 0.889. The van der Waals surface area contributed by atoms with Crippen LogP contribution < -0.4 is 10.1 Å². The van der Waals surface area contributed by atoms with Crippen LogP contribution in [0.5, 0.6) is 5.75 Å². The molecule has 6 heteroatoms. The molecule has 2 heterocycles. The van der Waals surface area contributed by atoms with Crippen LogP contribution in [0.4, 0.5) is 4.39 Å². The van der Waals surface area contributed by atoms with Crippen molar-refractivity contribution in [2.45, 2.75) is 12.5 Å². The Balaban J connectivity index is 2.05. The number of ether oxygens (including phenoxy) is 1. The Hall–Kier alpha value is -1.59. The minimum atomic E-state index is -0.463. The molecule has 0 saturated heterocycles. The van der Waals surface area contributed by atoms with Crippen molar-refractivity contribution < 1.29 is 9.13 Å². The highest BCUT2D eigenvalue weighted by Gasteiger charge is 2.25. The number of nitrogens with zero attached hydrogens (tertiary/aromatic N) is 1. The van der Waals surface area contributed by atoms with Crippen LogP contribution in [0.1, 0.15) is 23.0 Å². The average molecular weight is 282 g/mol. The summed E-state index contributed by atoms with van der Waals surface area (Å²) in [5.41, 5.74) is 2.72. The number of halogens is 2. The molecule has 1 aromatic heterocycles. The third-order valence-electron chi connectivity index (χ3n) is 3.31. The highest BCUT2D eigenvalue weighted by Crippen LogP contribution is 2.34. The lowest BCUT2D eigenvalue weighted by Crippen LogP contribution is -2.30. The predicted molar refractivity (Wildman–Crippen MR) is 70.1 cm³/mol. The summed E-state index contributed by atoms with van der Waals surface area (Å²) in [6.07, 6.45) is 2.55. The fraction of sp³-hybridized carbons (Fsp3) is 0.308. The van der Waals surface area contributed by atoms with E-state index in [2.05, 4.69) is 15.3 Å². The van der Waals surface area contributed by atoms with Crippen LogP contribution in [-0.4, -0.2) is 23.6 Å². The lowest BCUT2D eigenvalue weighted by atomic mass is 9.98. The van der Waals surface area contributed by atoms with Gasteiger partial charge in [-0.2, -0.15) is 0 Å². The van der Waals surface area contributed by atoms with Gasteiger partial charge in [-0.1, -0.05) is 11.6 Å². The maximum Gasteiger partial charge on any atom is 0.173 e. The number of benzene rings is 1. The van der Waals surface area contributed by atoms with E-state index in [-0.39, 0.29) is 16.8 Å². The minimum absolute atomic E-state index is 0.0727. The number of methoxy groups -OCH3 is 1. The van der Waals surface area contributed by atoms with Crippen LogP contribution in [0.3, 0.4) is 0 Å². The summed E-state index contributed by atoms with van der Waals surface area (Å²) in [5, 5.41) is 3.59. The molecule has 1 aromatic carbocycles. The molecule has 3 rings (SSSR count). The van der Waals surface area contributed by atoms with Gasteiger partial charge in [0.2, 0.25) is 0 Å². The standard InChI is InChI=1S/C13H13ClFN3O/c1-19-13-8(14)4-7(5-9(13)15)11-12-10(2-3-16-11)17-6-18-12/h4-6,11,16H,2-3H2,1H3,(H,17,18). The molecule has 0 saturated carbocycles. The normalized spacial score (nSPS) is 18.2. The average Bonchev–Trinajstić information content (AvgIpc) is 2.86. The molecule has 1 unspecified atom stereocenters. The largest absolute Gasteiger partial charge is 0.492 e. The number of fused-ring (bicyclic) bond motifs is 1. The zero-order valence-electron chi connectivity index (χ0n) is 10.3. The van der Waals surface area contributed by atoms with Crippen molar-refractivity contribution in [3.05, 3.63) is 46.3 Å². The van der Waals surface area contributed by atoms with Crippen molar-refractivity contribution in [3.63, 3.8) is 0 Å². The lowest BCUT2D eigenvalue weighted by Gasteiger charge is -2.24. The monoisotopic (exact) mass is 281 g/mol. The van der Waals surface area contributed by atoms with Crippen molar-refractivity contribution >= 4 is 11.6 Å². The molecule has 100 valence electrons. The van der Waals surface area contributed by atoms with E-state index in [1.54, 1.807) is 12.4 Å². The third kappa shape index (κ3) is 2.09. The van der Waals surface area contributed by atoms with Gasteiger partial charge in [0.25, 0.3) is 0 Å². The number of nitrogens with one attached hydrogen (secondary N) is 2. The summed E-state index contributed by atoms with van der Waals surface area (Å²) in [6, 6.07) is 3.00. The molecule has 2 N–H and O–H groups in total. The van der Waals surface area contributed by atoms with Crippen LogP contribution >= 0.6 is 11.6 Å². The van der Waals surface area contributed by atoms with Crippen LogP contribution in [0.15, 0.2) is 18.5 Å². The van der Waals surface area contributed by atoms with Crippen LogP contribution in [-0.2, 0) is 6.42 Å². The van der Waals surface area contributed by atoms with Gasteiger partial charge < -0.3 is 15.0 Å². The van der Waals surface area contributed by atoms with Crippen LogP contribution in [0.2, 0.25) is 5.02 Å². The molecule has 1 atom stereocenters. The van der Waals surface area contributed by atoms with Crippen molar-refractivity contribution in [3.8, 4) is 5.75 Å². The summed E-state index contributed by atoms with van der Waals surface area (Å²) >= 11 is 6.03. The van der Waals surface area contributed by atoms with Crippen molar-refractivity contribution in [2.24, 2.45) is 0 Å². The highest BCUT2D eigenvalue weighted by molar-refractivity contribution is 6.32. The molecule has 0 amide bonds. The smallest absolute Gasteiger partial charge is 0.173 e. The molecule has 0 spiro atoms. The number of aromatic amines is 1. The molecule has 0 bridgehead atoms. The fourth-order valence-electron chi connectivity index (χ4n) is 2.44. The van der Waals surface area contributed by atoms with Gasteiger partial charge in [-0.3, -0.25) is 0 Å². The van der Waals surface area contributed by atoms with Gasteiger partial charge >= 0.3 is 0 Å². The van der Waals surface area contributed by atoms with Crippen LogP contribution in [0.25, 0.3) is 0 Å². The second-order valence-corrected chi connectivity index (χ2v) is 4.83. The van der Waals surface area contributed by atoms with E-state index < -0.39 is 5.82 Å². The molecule has 0 aliphatic carbocycles. The summed E-state index contributed by atoms with van der Waals surface area (Å²) < 4.78 is 18.8.